The summed E-state index contributed by atoms with van der Waals surface area (Å²) in [6.45, 7) is 0. The lowest BCUT2D eigenvalue weighted by Crippen LogP contribution is -2.15. The molecule has 0 radical (unpaired) electrons. The van der Waals surface area contributed by atoms with Crippen LogP contribution in [0.25, 0.3) is 0 Å². The van der Waals surface area contributed by atoms with E-state index in [1.165, 1.54) is 0 Å². The number of aromatic amines is 1. The van der Waals surface area contributed by atoms with Crippen molar-refractivity contribution < 1.29 is 19.7 Å². The summed E-state index contributed by atoms with van der Waals surface area (Å²) in [6, 6.07) is 3.60. The van der Waals surface area contributed by atoms with Crippen LogP contribution >= 0.6 is 0 Å². The Balaban J connectivity index is 1.75. The van der Waals surface area contributed by atoms with Crippen molar-refractivity contribution >= 4 is 23.1 Å². The lowest BCUT2D eigenvalue weighted by Gasteiger charge is -2.23. The summed E-state index contributed by atoms with van der Waals surface area (Å²) in [6.07, 6.45) is 2.95. The number of phenolic OH excluding ortho intramolecular Hbond substituents is 1. The molecule has 1 fully saturated rings. The molecular formula is C15H15N5O6. The quantitative estimate of drug-likeness (QED) is 0.525. The monoisotopic (exact) mass is 361 g/mol. The first-order chi connectivity index (χ1) is 12.3. The van der Waals surface area contributed by atoms with Crippen molar-refractivity contribution in [1.82, 2.24) is 10.2 Å². The molecule has 0 unspecified atom stereocenters. The van der Waals surface area contributed by atoms with E-state index in [4.69, 9.17) is 0 Å². The maximum Gasteiger partial charge on any atom is 0.318 e. The van der Waals surface area contributed by atoms with Crippen molar-refractivity contribution in [1.29, 1.82) is 0 Å². The Morgan fingerprint density at radius 2 is 1.85 bits per heavy atom. The van der Waals surface area contributed by atoms with E-state index in [9.17, 15) is 30.1 Å². The van der Waals surface area contributed by atoms with Gasteiger partial charge in [0.05, 0.1) is 16.3 Å². The molecule has 3 N–H and O–H groups in total. The van der Waals surface area contributed by atoms with Crippen molar-refractivity contribution in [2.75, 3.05) is 5.32 Å². The lowest BCUT2D eigenvalue weighted by molar-refractivity contribution is -0.396. The van der Waals surface area contributed by atoms with E-state index in [1.54, 1.807) is 6.07 Å². The number of benzene rings is 1. The molecule has 3 rings (SSSR count). The second-order valence-corrected chi connectivity index (χ2v) is 6.06. The van der Waals surface area contributed by atoms with Crippen molar-refractivity contribution in [3.8, 4) is 5.75 Å². The minimum Gasteiger partial charge on any atom is -0.497 e. The average molecular weight is 361 g/mol. The van der Waals surface area contributed by atoms with Gasteiger partial charge in [0, 0.05) is 29.8 Å². The topological polar surface area (TPSA) is 164 Å². The number of H-pyrrole nitrogens is 1. The fourth-order valence-corrected chi connectivity index (χ4v) is 2.74. The highest BCUT2D eigenvalue weighted by Gasteiger charge is 2.27. The molecule has 1 saturated carbocycles. The molecule has 136 valence electrons. The fraction of sp³-hybridized carbons (Fsp3) is 0.333. The largest absolute Gasteiger partial charge is 0.497 e. The summed E-state index contributed by atoms with van der Waals surface area (Å²) in [5.74, 6) is -0.845. The van der Waals surface area contributed by atoms with Gasteiger partial charge in [-0.2, -0.15) is 5.10 Å². The van der Waals surface area contributed by atoms with Crippen LogP contribution in [0.1, 0.15) is 36.4 Å². The lowest BCUT2D eigenvalue weighted by atomic mass is 9.83. The van der Waals surface area contributed by atoms with Crippen molar-refractivity contribution in [3.63, 3.8) is 0 Å². The van der Waals surface area contributed by atoms with E-state index >= 15 is 0 Å². The number of amides is 1. The molecule has 0 aliphatic heterocycles. The number of aromatic nitrogens is 2. The molecule has 1 aliphatic carbocycles. The van der Waals surface area contributed by atoms with E-state index < -0.39 is 32.9 Å². The first kappa shape index (κ1) is 17.3. The van der Waals surface area contributed by atoms with Crippen LogP contribution in [0.2, 0.25) is 0 Å². The molecule has 0 saturated heterocycles. The minimum atomic E-state index is -1.04. The number of nitro groups is 2. The molecule has 1 amide bonds. The molecule has 1 heterocycles. The Bertz CT molecular complexity index is 853. The summed E-state index contributed by atoms with van der Waals surface area (Å²) in [4.78, 5) is 32.1. The zero-order valence-electron chi connectivity index (χ0n) is 13.5. The number of hydrogen-bond donors (Lipinski definition) is 3. The van der Waals surface area contributed by atoms with Crippen molar-refractivity contribution in [3.05, 3.63) is 49.7 Å². The number of rotatable bonds is 6. The highest BCUT2D eigenvalue weighted by atomic mass is 16.6. The molecular weight excluding hydrogens is 346 g/mol. The Morgan fingerprint density at radius 1 is 1.23 bits per heavy atom. The van der Waals surface area contributed by atoms with E-state index in [2.05, 4.69) is 15.5 Å². The average Bonchev–Trinajstić information content (AvgIpc) is 2.94. The zero-order valence-corrected chi connectivity index (χ0v) is 13.5. The molecule has 1 aromatic carbocycles. The van der Waals surface area contributed by atoms with Gasteiger partial charge in [-0.3, -0.25) is 30.1 Å². The number of nitro benzene ring substituents is 2. The van der Waals surface area contributed by atoms with E-state index in [0.717, 1.165) is 37.1 Å². The molecule has 0 bridgehead atoms. The van der Waals surface area contributed by atoms with Crippen molar-refractivity contribution in [2.24, 2.45) is 0 Å². The van der Waals surface area contributed by atoms with Gasteiger partial charge in [0.25, 0.3) is 5.75 Å². The second-order valence-electron chi connectivity index (χ2n) is 6.06. The van der Waals surface area contributed by atoms with Crippen LogP contribution in [0.15, 0.2) is 18.2 Å². The number of phenols is 1. The number of nitrogens with zero attached hydrogens (tertiary/aromatic N) is 3. The van der Waals surface area contributed by atoms with Gasteiger partial charge in [-0.1, -0.05) is 6.42 Å². The Hall–Kier alpha value is -3.50. The first-order valence-corrected chi connectivity index (χ1v) is 7.85. The first-order valence-electron chi connectivity index (χ1n) is 7.85. The third kappa shape index (κ3) is 3.45. The summed E-state index contributed by atoms with van der Waals surface area (Å²) in [5, 5.41) is 40.9. The predicted octanol–water partition coefficient (Wildman–Crippen LogP) is 2.38. The van der Waals surface area contributed by atoms with E-state index in [0.29, 0.717) is 11.7 Å². The normalized spacial score (nSPS) is 13.8. The second kappa shape index (κ2) is 6.78. The number of anilines is 1. The van der Waals surface area contributed by atoms with Crippen LogP contribution in [-0.4, -0.2) is 31.1 Å². The van der Waals surface area contributed by atoms with Gasteiger partial charge in [0.1, 0.15) is 0 Å². The number of carbonyl (C=O) groups is 1. The van der Waals surface area contributed by atoms with Crippen LogP contribution in [0.3, 0.4) is 0 Å². The van der Waals surface area contributed by atoms with Crippen LogP contribution < -0.4 is 5.32 Å². The zero-order chi connectivity index (χ0) is 18.8. The molecule has 0 spiro atoms. The minimum absolute atomic E-state index is 0.0356. The number of nitrogens with one attached hydrogen (secondary N) is 2. The number of carbonyl (C=O) groups excluding carboxylic acids is 1. The summed E-state index contributed by atoms with van der Waals surface area (Å²) < 4.78 is 0. The third-order valence-electron chi connectivity index (χ3n) is 4.30. The number of hydrogen-bond acceptors (Lipinski definition) is 7. The van der Waals surface area contributed by atoms with Crippen LogP contribution in [-0.2, 0) is 11.2 Å². The number of aromatic hydroxyl groups is 1. The van der Waals surface area contributed by atoms with Gasteiger partial charge in [0.15, 0.2) is 5.82 Å². The molecule has 2 aromatic rings. The summed E-state index contributed by atoms with van der Waals surface area (Å²) in [7, 11) is 0. The molecule has 11 nitrogen and oxygen atoms in total. The highest BCUT2D eigenvalue weighted by molar-refractivity contribution is 5.91. The molecule has 0 atom stereocenters. The van der Waals surface area contributed by atoms with Crippen LogP contribution in [0, 0.1) is 20.2 Å². The predicted molar refractivity (Wildman–Crippen MR) is 88.9 cm³/mol. The molecule has 11 heteroatoms. The molecule has 1 aliphatic rings. The Kier molecular flexibility index (Phi) is 4.52. The maximum absolute atomic E-state index is 12.1. The van der Waals surface area contributed by atoms with Gasteiger partial charge in [0.2, 0.25) is 5.91 Å². The standard InChI is InChI=1S/C15H15N5O6/c21-14(16-13-7-10(17-18-13)9-2-1-3-9)6-8-4-11(19(23)24)15(22)12(5-8)20(25)26/h4-5,7,9,22H,1-3,6H2,(H2,16,17,18,21). The smallest absolute Gasteiger partial charge is 0.318 e. The van der Waals surface area contributed by atoms with Crippen molar-refractivity contribution in [2.45, 2.75) is 31.6 Å². The van der Waals surface area contributed by atoms with Gasteiger partial charge >= 0.3 is 11.4 Å². The van der Waals surface area contributed by atoms with Crippen LogP contribution in [0.5, 0.6) is 5.75 Å². The third-order valence-corrected chi connectivity index (χ3v) is 4.30. The van der Waals surface area contributed by atoms with Crippen LogP contribution in [0.4, 0.5) is 17.2 Å². The SMILES string of the molecule is O=C(Cc1cc([N+](=O)[O-])c(O)c([N+](=O)[O-])c1)Nc1cc(C2CCC2)[nH]n1. The summed E-state index contributed by atoms with van der Waals surface area (Å²) in [5.41, 5.74) is -0.681. The fourth-order valence-electron chi connectivity index (χ4n) is 2.74. The Morgan fingerprint density at radius 3 is 2.35 bits per heavy atom. The maximum atomic E-state index is 12.1. The van der Waals surface area contributed by atoms with E-state index in [1.807, 2.05) is 0 Å². The van der Waals surface area contributed by atoms with Gasteiger partial charge in [-0.25, -0.2) is 0 Å². The Labute approximate surface area is 146 Å². The highest BCUT2D eigenvalue weighted by Crippen LogP contribution is 2.37. The van der Waals surface area contributed by atoms with Gasteiger partial charge < -0.3 is 10.4 Å². The summed E-state index contributed by atoms with van der Waals surface area (Å²) >= 11 is 0. The van der Waals surface area contributed by atoms with Gasteiger partial charge in [-0.15, -0.1) is 0 Å². The molecule has 26 heavy (non-hydrogen) atoms. The molecule has 1 aromatic heterocycles. The van der Waals surface area contributed by atoms with E-state index in [-0.39, 0.29) is 12.0 Å². The van der Waals surface area contributed by atoms with Gasteiger partial charge in [-0.05, 0) is 18.4 Å².